The van der Waals surface area contributed by atoms with E-state index < -0.39 is 0 Å². The van der Waals surface area contributed by atoms with Crippen molar-refractivity contribution < 1.29 is 0 Å². The summed E-state index contributed by atoms with van der Waals surface area (Å²) >= 11 is 3.53. The molecular formula is C12H19BrN2. The van der Waals surface area contributed by atoms with E-state index in [1.54, 1.807) is 0 Å². The van der Waals surface area contributed by atoms with Crippen molar-refractivity contribution in [1.29, 1.82) is 0 Å². The number of anilines is 1. The molecule has 1 aromatic heterocycles. The molecule has 1 rings (SSSR count). The summed E-state index contributed by atoms with van der Waals surface area (Å²) < 4.78 is 1.04. The van der Waals surface area contributed by atoms with E-state index in [0.717, 1.165) is 4.47 Å². The van der Waals surface area contributed by atoms with E-state index in [1.807, 2.05) is 18.5 Å². The van der Waals surface area contributed by atoms with Gasteiger partial charge in [0, 0.05) is 25.5 Å². The molecule has 0 aliphatic rings. The molecule has 0 N–H and O–H groups in total. The minimum atomic E-state index is 0.261. The van der Waals surface area contributed by atoms with Crippen molar-refractivity contribution in [3.8, 4) is 0 Å². The maximum Gasteiger partial charge on any atom is 0.0592 e. The Morgan fingerprint density at radius 2 is 2.00 bits per heavy atom. The van der Waals surface area contributed by atoms with Gasteiger partial charge < -0.3 is 4.90 Å². The van der Waals surface area contributed by atoms with Gasteiger partial charge in [0.05, 0.1) is 10.2 Å². The van der Waals surface area contributed by atoms with Gasteiger partial charge in [-0.15, -0.1) is 0 Å². The number of aromatic nitrogens is 1. The lowest BCUT2D eigenvalue weighted by molar-refractivity contribution is 0.329. The van der Waals surface area contributed by atoms with Crippen LogP contribution in [-0.4, -0.2) is 18.1 Å². The quantitative estimate of drug-likeness (QED) is 0.815. The van der Waals surface area contributed by atoms with Crippen molar-refractivity contribution in [1.82, 2.24) is 4.98 Å². The second kappa shape index (κ2) is 4.52. The highest BCUT2D eigenvalue weighted by Gasteiger charge is 2.24. The molecule has 0 saturated carbocycles. The maximum absolute atomic E-state index is 4.08. The molecule has 15 heavy (non-hydrogen) atoms. The lowest BCUT2D eigenvalue weighted by Crippen LogP contribution is -2.39. The molecule has 1 unspecified atom stereocenters. The molecule has 84 valence electrons. The van der Waals surface area contributed by atoms with Crippen LogP contribution < -0.4 is 4.90 Å². The molecule has 0 aliphatic heterocycles. The van der Waals surface area contributed by atoms with E-state index in [0.29, 0.717) is 6.04 Å². The van der Waals surface area contributed by atoms with Gasteiger partial charge >= 0.3 is 0 Å². The van der Waals surface area contributed by atoms with Gasteiger partial charge in [0.15, 0.2) is 0 Å². The van der Waals surface area contributed by atoms with E-state index in [9.17, 15) is 0 Å². The standard InChI is InChI=1S/C12H19BrN2/c1-9(12(2,3)4)15(5)11-6-7-14-8-10(11)13/h6-9H,1-5H3. The van der Waals surface area contributed by atoms with Gasteiger partial charge in [-0.25, -0.2) is 0 Å². The first kappa shape index (κ1) is 12.5. The molecule has 0 radical (unpaired) electrons. The Bertz CT molecular complexity index is 331. The Hall–Kier alpha value is -0.570. The number of hydrogen-bond donors (Lipinski definition) is 0. The van der Waals surface area contributed by atoms with Crippen LogP contribution in [0.3, 0.4) is 0 Å². The molecule has 0 saturated heterocycles. The summed E-state index contributed by atoms with van der Waals surface area (Å²) in [6.07, 6.45) is 3.66. The molecule has 2 nitrogen and oxygen atoms in total. The molecule has 0 spiro atoms. The fourth-order valence-corrected chi connectivity index (χ4v) is 1.97. The van der Waals surface area contributed by atoms with E-state index in [-0.39, 0.29) is 5.41 Å². The Kier molecular flexibility index (Phi) is 3.77. The number of hydrogen-bond acceptors (Lipinski definition) is 2. The normalized spacial score (nSPS) is 13.7. The predicted molar refractivity (Wildman–Crippen MR) is 69.3 cm³/mol. The second-order valence-corrected chi connectivity index (χ2v) is 5.83. The van der Waals surface area contributed by atoms with Gasteiger partial charge in [-0.05, 0) is 34.3 Å². The highest BCUT2D eigenvalue weighted by molar-refractivity contribution is 9.10. The minimum Gasteiger partial charge on any atom is -0.370 e. The number of nitrogens with zero attached hydrogens (tertiary/aromatic N) is 2. The lowest BCUT2D eigenvalue weighted by atomic mass is 9.87. The van der Waals surface area contributed by atoms with Crippen LogP contribution in [0, 0.1) is 5.41 Å². The van der Waals surface area contributed by atoms with Gasteiger partial charge in [0.1, 0.15) is 0 Å². The summed E-state index contributed by atoms with van der Waals surface area (Å²) in [6, 6.07) is 2.50. The highest BCUT2D eigenvalue weighted by Crippen LogP contribution is 2.31. The van der Waals surface area contributed by atoms with Crippen LogP contribution in [0.1, 0.15) is 27.7 Å². The monoisotopic (exact) mass is 270 g/mol. The first-order valence-electron chi connectivity index (χ1n) is 5.16. The average Bonchev–Trinajstić information content (AvgIpc) is 2.15. The Morgan fingerprint density at radius 1 is 1.40 bits per heavy atom. The molecule has 0 bridgehead atoms. The smallest absolute Gasteiger partial charge is 0.0592 e. The lowest BCUT2D eigenvalue weighted by Gasteiger charge is -2.37. The van der Waals surface area contributed by atoms with Crippen LogP contribution in [0.2, 0.25) is 0 Å². The SMILES string of the molecule is CC(N(C)c1ccncc1Br)C(C)(C)C. The van der Waals surface area contributed by atoms with Gasteiger partial charge in [-0.2, -0.15) is 0 Å². The maximum atomic E-state index is 4.08. The zero-order chi connectivity index (χ0) is 11.6. The van der Waals surface area contributed by atoms with Crippen molar-refractivity contribution in [2.45, 2.75) is 33.7 Å². The van der Waals surface area contributed by atoms with Crippen molar-refractivity contribution in [2.24, 2.45) is 5.41 Å². The summed E-state index contributed by atoms with van der Waals surface area (Å²) in [5.74, 6) is 0. The van der Waals surface area contributed by atoms with Gasteiger partial charge in [-0.1, -0.05) is 20.8 Å². The van der Waals surface area contributed by atoms with Crippen LogP contribution in [-0.2, 0) is 0 Å². The average molecular weight is 271 g/mol. The van der Waals surface area contributed by atoms with E-state index in [4.69, 9.17) is 0 Å². The predicted octanol–water partition coefficient (Wildman–Crippen LogP) is 3.71. The zero-order valence-corrected chi connectivity index (χ0v) is 11.7. The molecule has 1 heterocycles. The van der Waals surface area contributed by atoms with E-state index in [2.05, 4.69) is 60.6 Å². The van der Waals surface area contributed by atoms with Crippen LogP contribution in [0.15, 0.2) is 22.9 Å². The number of rotatable bonds is 2. The summed E-state index contributed by atoms with van der Waals surface area (Å²) in [5, 5.41) is 0. The third kappa shape index (κ3) is 2.94. The Labute approximate surface area is 101 Å². The Morgan fingerprint density at radius 3 is 2.47 bits per heavy atom. The molecule has 1 atom stereocenters. The second-order valence-electron chi connectivity index (χ2n) is 4.98. The van der Waals surface area contributed by atoms with Crippen LogP contribution >= 0.6 is 15.9 Å². The summed E-state index contributed by atoms with van der Waals surface area (Å²) in [5.41, 5.74) is 1.45. The minimum absolute atomic E-state index is 0.261. The van der Waals surface area contributed by atoms with Crippen LogP contribution in [0.5, 0.6) is 0 Å². The van der Waals surface area contributed by atoms with Crippen molar-refractivity contribution in [2.75, 3.05) is 11.9 Å². The van der Waals surface area contributed by atoms with Crippen LogP contribution in [0.25, 0.3) is 0 Å². The topological polar surface area (TPSA) is 16.1 Å². The van der Waals surface area contributed by atoms with Crippen LogP contribution in [0.4, 0.5) is 5.69 Å². The first-order valence-corrected chi connectivity index (χ1v) is 5.95. The third-order valence-electron chi connectivity index (χ3n) is 2.97. The summed E-state index contributed by atoms with van der Waals surface area (Å²) in [6.45, 7) is 9.00. The fourth-order valence-electron chi connectivity index (χ4n) is 1.44. The number of pyridine rings is 1. The van der Waals surface area contributed by atoms with Crippen molar-refractivity contribution in [3.63, 3.8) is 0 Å². The third-order valence-corrected chi connectivity index (χ3v) is 3.58. The largest absolute Gasteiger partial charge is 0.370 e. The van der Waals surface area contributed by atoms with E-state index in [1.165, 1.54) is 5.69 Å². The fraction of sp³-hybridized carbons (Fsp3) is 0.583. The molecule has 1 aromatic rings. The molecule has 3 heteroatoms. The van der Waals surface area contributed by atoms with Crippen molar-refractivity contribution >= 4 is 21.6 Å². The van der Waals surface area contributed by atoms with Gasteiger partial charge in [0.2, 0.25) is 0 Å². The summed E-state index contributed by atoms with van der Waals surface area (Å²) in [4.78, 5) is 6.36. The zero-order valence-electron chi connectivity index (χ0n) is 10.1. The first-order chi connectivity index (χ1) is 6.84. The molecule has 0 aromatic carbocycles. The van der Waals surface area contributed by atoms with Gasteiger partial charge in [0.25, 0.3) is 0 Å². The summed E-state index contributed by atoms with van der Waals surface area (Å²) in [7, 11) is 2.12. The molecule has 0 aliphatic carbocycles. The van der Waals surface area contributed by atoms with Gasteiger partial charge in [-0.3, -0.25) is 4.98 Å². The number of halogens is 1. The molecular weight excluding hydrogens is 252 g/mol. The highest BCUT2D eigenvalue weighted by atomic mass is 79.9. The molecule has 0 amide bonds. The Balaban J connectivity index is 2.95. The molecule has 0 fully saturated rings. The van der Waals surface area contributed by atoms with Crippen molar-refractivity contribution in [3.05, 3.63) is 22.9 Å². The van der Waals surface area contributed by atoms with E-state index >= 15 is 0 Å².